The van der Waals surface area contributed by atoms with Gasteiger partial charge in [0.1, 0.15) is 0 Å². The number of benzene rings is 2. The lowest BCUT2D eigenvalue weighted by atomic mass is 10.2. The van der Waals surface area contributed by atoms with Gasteiger partial charge in [-0.05, 0) is 48.9 Å². The summed E-state index contributed by atoms with van der Waals surface area (Å²) < 4.78 is 3.03. The van der Waals surface area contributed by atoms with E-state index >= 15 is 0 Å². The van der Waals surface area contributed by atoms with Crippen LogP contribution in [0, 0.1) is 0 Å². The highest BCUT2D eigenvalue weighted by molar-refractivity contribution is 9.10. The maximum Gasteiger partial charge on any atom is 0.251 e. The highest BCUT2D eigenvalue weighted by atomic mass is 79.9. The smallest absolute Gasteiger partial charge is 0.251 e. The number of rotatable bonds is 8. The monoisotopic (exact) mass is 490 g/mol. The molecule has 1 heterocycles. The van der Waals surface area contributed by atoms with Gasteiger partial charge >= 0.3 is 0 Å². The Morgan fingerprint density at radius 1 is 1.24 bits per heavy atom. The van der Waals surface area contributed by atoms with E-state index in [4.69, 9.17) is 11.6 Å². The van der Waals surface area contributed by atoms with Crippen LogP contribution in [0.3, 0.4) is 0 Å². The average molecular weight is 492 g/mol. The summed E-state index contributed by atoms with van der Waals surface area (Å²) in [6, 6.07) is 14.6. The molecule has 5 nitrogen and oxygen atoms in total. The maximum atomic E-state index is 12.5. The summed E-state index contributed by atoms with van der Waals surface area (Å²) in [6.45, 7) is 6.28. The van der Waals surface area contributed by atoms with Gasteiger partial charge in [0.05, 0.1) is 6.04 Å². The summed E-state index contributed by atoms with van der Waals surface area (Å²) in [6.07, 6.45) is 1.80. The van der Waals surface area contributed by atoms with Crippen LogP contribution in [0.5, 0.6) is 0 Å². The molecule has 0 unspecified atom stereocenters. The molecule has 0 radical (unpaired) electrons. The minimum Gasteiger partial charge on any atom is -0.342 e. The molecule has 29 heavy (non-hydrogen) atoms. The van der Waals surface area contributed by atoms with E-state index in [1.165, 1.54) is 5.56 Å². The molecule has 1 N–H and O–H groups in total. The van der Waals surface area contributed by atoms with Crippen LogP contribution in [0.2, 0.25) is 5.02 Å². The van der Waals surface area contributed by atoms with Crippen LogP contribution < -0.4 is 5.32 Å². The van der Waals surface area contributed by atoms with Gasteiger partial charge in [0.25, 0.3) is 5.91 Å². The van der Waals surface area contributed by atoms with Crippen molar-refractivity contribution >= 4 is 45.2 Å². The zero-order valence-corrected chi connectivity index (χ0v) is 19.0. The molecular formula is C21H20BrClN4OS. The normalized spacial score (nSPS) is 11.8. The van der Waals surface area contributed by atoms with E-state index in [-0.39, 0.29) is 11.9 Å². The fraction of sp³-hybridized carbons (Fsp3) is 0.190. The Morgan fingerprint density at radius 3 is 2.59 bits per heavy atom. The summed E-state index contributed by atoms with van der Waals surface area (Å²) in [7, 11) is 0. The van der Waals surface area contributed by atoms with E-state index in [1.54, 1.807) is 42.1 Å². The van der Waals surface area contributed by atoms with Crippen molar-refractivity contribution in [2.75, 3.05) is 0 Å². The zero-order valence-electron chi connectivity index (χ0n) is 15.8. The van der Waals surface area contributed by atoms with Gasteiger partial charge in [-0.25, -0.2) is 0 Å². The predicted octanol–water partition coefficient (Wildman–Crippen LogP) is 5.66. The van der Waals surface area contributed by atoms with E-state index < -0.39 is 0 Å². The number of carbonyl (C=O) groups is 1. The second kappa shape index (κ2) is 10.1. The lowest BCUT2D eigenvalue weighted by Crippen LogP contribution is -2.28. The van der Waals surface area contributed by atoms with Crippen LogP contribution in [-0.4, -0.2) is 20.7 Å². The quantitative estimate of drug-likeness (QED) is 0.326. The van der Waals surface area contributed by atoms with Gasteiger partial charge in [0, 0.05) is 27.4 Å². The molecule has 8 heteroatoms. The number of carbonyl (C=O) groups excluding carboxylic acids is 1. The number of hydrogen-bond donors (Lipinski definition) is 1. The van der Waals surface area contributed by atoms with Crippen molar-refractivity contribution in [2.45, 2.75) is 30.4 Å². The van der Waals surface area contributed by atoms with Gasteiger partial charge in [-0.2, -0.15) is 0 Å². The number of allylic oxidation sites excluding steroid dienone is 1. The number of aromatic nitrogens is 3. The molecule has 2 aromatic carbocycles. The molecule has 0 saturated heterocycles. The second-order valence-electron chi connectivity index (χ2n) is 6.36. The average Bonchev–Trinajstić information content (AvgIpc) is 3.11. The topological polar surface area (TPSA) is 59.8 Å². The van der Waals surface area contributed by atoms with Crippen LogP contribution in [-0.2, 0) is 12.3 Å². The van der Waals surface area contributed by atoms with Crippen molar-refractivity contribution in [1.82, 2.24) is 20.1 Å². The fourth-order valence-corrected chi connectivity index (χ4v) is 4.00. The Morgan fingerprint density at radius 2 is 1.93 bits per heavy atom. The fourth-order valence-electron chi connectivity index (χ4n) is 2.70. The van der Waals surface area contributed by atoms with Gasteiger partial charge in [0.15, 0.2) is 11.0 Å². The van der Waals surface area contributed by atoms with E-state index in [1.807, 2.05) is 23.6 Å². The molecule has 0 saturated carbocycles. The molecule has 0 aliphatic carbocycles. The third-order valence-electron chi connectivity index (χ3n) is 4.18. The molecule has 150 valence electrons. The maximum absolute atomic E-state index is 12.5. The largest absolute Gasteiger partial charge is 0.342 e. The van der Waals surface area contributed by atoms with E-state index in [2.05, 4.69) is 50.2 Å². The Hall–Kier alpha value is -2.09. The highest BCUT2D eigenvalue weighted by Gasteiger charge is 2.20. The third kappa shape index (κ3) is 5.72. The number of nitrogens with one attached hydrogen (secondary N) is 1. The molecule has 3 aromatic rings. The number of nitrogens with zero attached hydrogens (tertiary/aromatic N) is 3. The first-order valence-electron chi connectivity index (χ1n) is 8.95. The first kappa shape index (κ1) is 21.6. The molecule has 0 aliphatic rings. The predicted molar refractivity (Wildman–Crippen MR) is 121 cm³/mol. The Bertz CT molecular complexity index is 989. The summed E-state index contributed by atoms with van der Waals surface area (Å²) in [5.74, 6) is 1.27. The van der Waals surface area contributed by atoms with Crippen molar-refractivity contribution in [3.63, 3.8) is 0 Å². The lowest BCUT2D eigenvalue weighted by molar-refractivity contribution is 0.0937. The number of amides is 1. The van der Waals surface area contributed by atoms with Crippen molar-refractivity contribution in [3.8, 4) is 0 Å². The minimum absolute atomic E-state index is 0.189. The standard InChI is InChI=1S/C21H20BrClN4OS/c1-3-12-27-19(14(2)24-20(28)16-6-10-18(23)11-7-16)25-26-21(27)29-13-15-4-8-17(22)9-5-15/h3-11,14H,1,12-13H2,2H3,(H,24,28)/t14-/m1/s1. The van der Waals surface area contributed by atoms with Gasteiger partial charge < -0.3 is 9.88 Å². The van der Waals surface area contributed by atoms with Crippen molar-refractivity contribution in [1.29, 1.82) is 0 Å². The van der Waals surface area contributed by atoms with Gasteiger partial charge in [0.2, 0.25) is 0 Å². The van der Waals surface area contributed by atoms with Gasteiger partial charge in [-0.1, -0.05) is 57.5 Å². The minimum atomic E-state index is -0.312. The van der Waals surface area contributed by atoms with Gasteiger partial charge in [-0.15, -0.1) is 16.8 Å². The van der Waals surface area contributed by atoms with Crippen molar-refractivity contribution < 1.29 is 4.79 Å². The van der Waals surface area contributed by atoms with Crippen LogP contribution in [0.15, 0.2) is 70.8 Å². The Kier molecular flexibility index (Phi) is 7.52. The summed E-state index contributed by atoms with van der Waals surface area (Å²) >= 11 is 10.9. The molecule has 1 aromatic heterocycles. The van der Waals surface area contributed by atoms with Gasteiger partial charge in [-0.3, -0.25) is 4.79 Å². The van der Waals surface area contributed by atoms with Crippen LogP contribution in [0.4, 0.5) is 0 Å². The zero-order chi connectivity index (χ0) is 20.8. The first-order chi connectivity index (χ1) is 14.0. The molecule has 0 fully saturated rings. The number of thioether (sulfide) groups is 1. The van der Waals surface area contributed by atoms with E-state index in [0.29, 0.717) is 23.0 Å². The van der Waals surface area contributed by atoms with Crippen LogP contribution in [0.25, 0.3) is 0 Å². The molecule has 0 aliphatic heterocycles. The molecule has 3 rings (SSSR count). The summed E-state index contributed by atoms with van der Waals surface area (Å²) in [5, 5.41) is 13.0. The molecular weight excluding hydrogens is 472 g/mol. The molecule has 0 spiro atoms. The summed E-state index contributed by atoms with van der Waals surface area (Å²) in [5.41, 5.74) is 1.73. The third-order valence-corrected chi connectivity index (χ3v) is 6.00. The first-order valence-corrected chi connectivity index (χ1v) is 11.1. The van der Waals surface area contributed by atoms with E-state index in [9.17, 15) is 4.79 Å². The molecule has 1 amide bonds. The molecule has 0 bridgehead atoms. The van der Waals surface area contributed by atoms with Crippen molar-refractivity contribution in [2.24, 2.45) is 0 Å². The highest BCUT2D eigenvalue weighted by Crippen LogP contribution is 2.25. The van der Waals surface area contributed by atoms with Crippen molar-refractivity contribution in [3.05, 3.63) is 87.6 Å². The SMILES string of the molecule is C=CCn1c(SCc2ccc(Br)cc2)nnc1[C@@H](C)NC(=O)c1ccc(Cl)cc1. The Labute approximate surface area is 187 Å². The molecule has 1 atom stereocenters. The lowest BCUT2D eigenvalue weighted by Gasteiger charge is -2.15. The number of hydrogen-bond acceptors (Lipinski definition) is 4. The Balaban J connectivity index is 1.72. The number of halogens is 2. The van der Waals surface area contributed by atoms with Crippen LogP contribution in [0.1, 0.15) is 34.7 Å². The second-order valence-corrected chi connectivity index (χ2v) is 8.65. The van der Waals surface area contributed by atoms with E-state index in [0.717, 1.165) is 15.4 Å². The summed E-state index contributed by atoms with van der Waals surface area (Å²) in [4.78, 5) is 12.5. The van der Waals surface area contributed by atoms with Crippen LogP contribution >= 0.6 is 39.3 Å².